The van der Waals surface area contributed by atoms with E-state index < -0.39 is 0 Å². The van der Waals surface area contributed by atoms with Crippen LogP contribution in [-0.2, 0) is 0 Å². The van der Waals surface area contributed by atoms with Crippen LogP contribution in [0.5, 0.6) is 0 Å². The van der Waals surface area contributed by atoms with Gasteiger partial charge in [-0.15, -0.1) is 11.3 Å². The predicted molar refractivity (Wildman–Crippen MR) is 101 cm³/mol. The van der Waals surface area contributed by atoms with Crippen molar-refractivity contribution in [1.29, 1.82) is 0 Å². The maximum absolute atomic E-state index is 4.34. The predicted octanol–water partition coefficient (Wildman–Crippen LogP) is 3.26. The number of guanidine groups is 1. The van der Waals surface area contributed by atoms with Gasteiger partial charge in [-0.2, -0.15) is 0 Å². The lowest BCUT2D eigenvalue weighted by Crippen LogP contribution is -2.45. The summed E-state index contributed by atoms with van der Waals surface area (Å²) >= 11 is 1.87. The maximum Gasteiger partial charge on any atom is 0.190 e. The van der Waals surface area contributed by atoms with Gasteiger partial charge in [-0.05, 0) is 57.1 Å². The molecule has 0 aromatic carbocycles. The van der Waals surface area contributed by atoms with Gasteiger partial charge in [0.05, 0.1) is 0 Å². The van der Waals surface area contributed by atoms with E-state index >= 15 is 0 Å². The van der Waals surface area contributed by atoms with Crippen LogP contribution in [-0.4, -0.2) is 44.6 Å². The van der Waals surface area contributed by atoms with Crippen LogP contribution in [0.1, 0.15) is 37.1 Å². The van der Waals surface area contributed by atoms with E-state index in [1.807, 2.05) is 18.4 Å². The van der Waals surface area contributed by atoms with Crippen LogP contribution in [0.2, 0.25) is 0 Å². The summed E-state index contributed by atoms with van der Waals surface area (Å²) in [6, 6.07) is 4.96. The molecular formula is C18H30N4S. The van der Waals surface area contributed by atoms with E-state index in [2.05, 4.69) is 64.2 Å². The monoisotopic (exact) mass is 334 g/mol. The zero-order chi connectivity index (χ0) is 16.5. The third kappa shape index (κ3) is 5.36. The van der Waals surface area contributed by atoms with Crippen molar-refractivity contribution in [2.24, 2.45) is 10.9 Å². The van der Waals surface area contributed by atoms with E-state index in [4.69, 9.17) is 0 Å². The molecular weight excluding hydrogens is 304 g/mol. The van der Waals surface area contributed by atoms with Gasteiger partial charge in [0, 0.05) is 31.1 Å². The number of allylic oxidation sites excluding steroid dienone is 1. The molecule has 1 aliphatic rings. The SMILES string of the molecule is C/C=C/CCNC(=NC)NCC1CCCN(C)C1c1cccs1. The summed E-state index contributed by atoms with van der Waals surface area (Å²) in [7, 11) is 4.09. The number of hydrogen-bond acceptors (Lipinski definition) is 3. The molecule has 2 heterocycles. The zero-order valence-electron chi connectivity index (χ0n) is 14.6. The summed E-state index contributed by atoms with van der Waals surface area (Å²) in [6.07, 6.45) is 7.83. The summed E-state index contributed by atoms with van der Waals surface area (Å²) in [5.41, 5.74) is 0. The fourth-order valence-electron chi connectivity index (χ4n) is 3.27. The highest BCUT2D eigenvalue weighted by molar-refractivity contribution is 7.10. The van der Waals surface area contributed by atoms with Gasteiger partial charge in [0.15, 0.2) is 5.96 Å². The summed E-state index contributed by atoms with van der Waals surface area (Å²) in [6.45, 7) is 5.13. The molecule has 1 aliphatic heterocycles. The Morgan fingerprint density at radius 2 is 2.35 bits per heavy atom. The second-order valence-corrected chi connectivity index (χ2v) is 7.06. The molecule has 0 aliphatic carbocycles. The largest absolute Gasteiger partial charge is 0.356 e. The van der Waals surface area contributed by atoms with Crippen LogP contribution < -0.4 is 10.6 Å². The van der Waals surface area contributed by atoms with E-state index in [1.54, 1.807) is 0 Å². The third-order valence-electron chi connectivity index (χ3n) is 4.44. The van der Waals surface area contributed by atoms with Gasteiger partial charge < -0.3 is 10.6 Å². The third-order valence-corrected chi connectivity index (χ3v) is 5.38. The summed E-state index contributed by atoms with van der Waals surface area (Å²) in [5, 5.41) is 9.09. The molecule has 1 aromatic heterocycles. The molecule has 0 amide bonds. The van der Waals surface area contributed by atoms with Gasteiger partial charge in [0.2, 0.25) is 0 Å². The molecule has 0 saturated carbocycles. The second kappa shape index (κ2) is 9.73. The second-order valence-electron chi connectivity index (χ2n) is 6.08. The smallest absolute Gasteiger partial charge is 0.190 e. The van der Waals surface area contributed by atoms with Gasteiger partial charge in [-0.3, -0.25) is 9.89 Å². The van der Waals surface area contributed by atoms with Crippen molar-refractivity contribution in [2.45, 2.75) is 32.2 Å². The summed E-state index contributed by atoms with van der Waals surface area (Å²) in [5.74, 6) is 1.54. The number of hydrogen-bond donors (Lipinski definition) is 2. The van der Waals surface area contributed by atoms with Crippen molar-refractivity contribution < 1.29 is 0 Å². The van der Waals surface area contributed by atoms with Crippen molar-refractivity contribution in [3.05, 3.63) is 34.5 Å². The fraction of sp³-hybridized carbons (Fsp3) is 0.611. The highest BCUT2D eigenvalue weighted by Crippen LogP contribution is 2.36. The lowest BCUT2D eigenvalue weighted by atomic mass is 9.88. The molecule has 1 fully saturated rings. The Morgan fingerprint density at radius 3 is 3.04 bits per heavy atom. The Balaban J connectivity index is 1.89. The normalized spacial score (nSPS) is 23.3. The van der Waals surface area contributed by atoms with Crippen LogP contribution in [0.3, 0.4) is 0 Å². The van der Waals surface area contributed by atoms with Crippen LogP contribution in [0.15, 0.2) is 34.7 Å². The number of nitrogens with zero attached hydrogens (tertiary/aromatic N) is 2. The van der Waals surface area contributed by atoms with Crippen LogP contribution in [0.4, 0.5) is 0 Å². The van der Waals surface area contributed by atoms with E-state index in [0.717, 1.165) is 25.5 Å². The molecule has 2 unspecified atom stereocenters. The quantitative estimate of drug-likeness (QED) is 0.363. The molecule has 2 N–H and O–H groups in total. The fourth-order valence-corrected chi connectivity index (χ4v) is 4.25. The number of nitrogens with one attached hydrogen (secondary N) is 2. The van der Waals surface area contributed by atoms with Gasteiger partial charge in [-0.1, -0.05) is 18.2 Å². The van der Waals surface area contributed by atoms with Crippen molar-refractivity contribution >= 4 is 17.3 Å². The van der Waals surface area contributed by atoms with E-state index in [9.17, 15) is 0 Å². The standard InChI is InChI=1S/C18H30N4S/c1-4-5-6-11-20-18(19-2)21-14-15-9-7-12-22(3)17(15)16-10-8-13-23-16/h4-5,8,10,13,15,17H,6-7,9,11-12,14H2,1-3H3,(H2,19,20,21)/b5-4+. The molecule has 0 bridgehead atoms. The van der Waals surface area contributed by atoms with Gasteiger partial charge in [0.25, 0.3) is 0 Å². The number of aliphatic imine (C=N–C) groups is 1. The summed E-state index contributed by atoms with van der Waals surface area (Å²) in [4.78, 5) is 8.32. The van der Waals surface area contributed by atoms with Crippen LogP contribution in [0.25, 0.3) is 0 Å². The van der Waals surface area contributed by atoms with Crippen molar-refractivity contribution in [2.75, 3.05) is 33.7 Å². The zero-order valence-corrected chi connectivity index (χ0v) is 15.4. The molecule has 23 heavy (non-hydrogen) atoms. The van der Waals surface area contributed by atoms with Crippen molar-refractivity contribution in [3.8, 4) is 0 Å². The minimum atomic E-state index is 0.525. The number of likely N-dealkylation sites (tertiary alicyclic amines) is 1. The van der Waals surface area contributed by atoms with E-state index in [1.165, 1.54) is 24.3 Å². The molecule has 128 valence electrons. The molecule has 5 heteroatoms. The average molecular weight is 335 g/mol. The van der Waals surface area contributed by atoms with Gasteiger partial charge in [-0.25, -0.2) is 0 Å². The highest BCUT2D eigenvalue weighted by atomic mass is 32.1. The number of rotatable bonds is 6. The minimum absolute atomic E-state index is 0.525. The molecule has 2 atom stereocenters. The summed E-state index contributed by atoms with van der Waals surface area (Å²) < 4.78 is 0. The average Bonchev–Trinajstić information content (AvgIpc) is 3.08. The molecule has 1 aromatic rings. The number of piperidine rings is 1. The first-order valence-electron chi connectivity index (χ1n) is 8.55. The first kappa shape index (κ1) is 18.0. The first-order chi connectivity index (χ1) is 11.3. The van der Waals surface area contributed by atoms with Gasteiger partial charge in [0.1, 0.15) is 0 Å². The van der Waals surface area contributed by atoms with Crippen LogP contribution in [0, 0.1) is 5.92 Å². The first-order valence-corrected chi connectivity index (χ1v) is 9.43. The van der Waals surface area contributed by atoms with Crippen molar-refractivity contribution in [3.63, 3.8) is 0 Å². The Hall–Kier alpha value is -1.33. The lowest BCUT2D eigenvalue weighted by molar-refractivity contribution is 0.125. The molecule has 2 rings (SSSR count). The van der Waals surface area contributed by atoms with E-state index in [-0.39, 0.29) is 0 Å². The Kier molecular flexibility index (Phi) is 7.62. The van der Waals surface area contributed by atoms with E-state index in [0.29, 0.717) is 12.0 Å². The maximum atomic E-state index is 4.34. The van der Waals surface area contributed by atoms with Crippen molar-refractivity contribution in [1.82, 2.24) is 15.5 Å². The van der Waals surface area contributed by atoms with Crippen LogP contribution >= 0.6 is 11.3 Å². The molecule has 0 radical (unpaired) electrons. The number of thiophene rings is 1. The Morgan fingerprint density at radius 1 is 1.48 bits per heavy atom. The minimum Gasteiger partial charge on any atom is -0.356 e. The topological polar surface area (TPSA) is 39.7 Å². The molecule has 1 saturated heterocycles. The van der Waals surface area contributed by atoms with Gasteiger partial charge >= 0.3 is 0 Å². The molecule has 4 nitrogen and oxygen atoms in total. The lowest BCUT2D eigenvalue weighted by Gasteiger charge is -2.39. The Bertz CT molecular complexity index is 495. The highest BCUT2D eigenvalue weighted by Gasteiger charge is 2.31. The molecule has 0 spiro atoms. The Labute approximate surface area is 144 Å².